The third-order valence-corrected chi connectivity index (χ3v) is 7.12. The van der Waals surface area contributed by atoms with Crippen LogP contribution in [0.4, 0.5) is 15.8 Å². The number of alkyl halides is 1. The van der Waals surface area contributed by atoms with Crippen LogP contribution in [0.25, 0.3) is 0 Å². The molecule has 0 unspecified atom stereocenters. The van der Waals surface area contributed by atoms with Crippen LogP contribution in [-0.4, -0.2) is 28.4 Å². The maximum atomic E-state index is 12.6. The predicted molar refractivity (Wildman–Crippen MR) is 112 cm³/mol. The highest BCUT2D eigenvalue weighted by Gasteiger charge is 2.23. The molecule has 0 amide bonds. The second kappa shape index (κ2) is 8.44. The van der Waals surface area contributed by atoms with E-state index in [1.807, 2.05) is 36.4 Å². The first-order chi connectivity index (χ1) is 14.1. The monoisotopic (exact) mass is 430 g/mol. The standard InChI is InChI=1S/C21H19FN2O3S2/c22-15-27-16-9-11-17(12-10-16)29(25,26)23-13-14-24-18-5-1-3-7-20(18)28-21-8-4-2-6-19(21)24/h1-12,23H,13-15H2. The van der Waals surface area contributed by atoms with Gasteiger partial charge in [0.2, 0.25) is 16.9 Å². The summed E-state index contributed by atoms with van der Waals surface area (Å²) in [6.45, 7) is -0.239. The van der Waals surface area contributed by atoms with Crippen molar-refractivity contribution >= 4 is 33.2 Å². The molecule has 1 heterocycles. The first kappa shape index (κ1) is 19.8. The van der Waals surface area contributed by atoms with Crippen LogP contribution < -0.4 is 14.4 Å². The van der Waals surface area contributed by atoms with Gasteiger partial charge in [-0.3, -0.25) is 0 Å². The van der Waals surface area contributed by atoms with Gasteiger partial charge in [-0.15, -0.1) is 0 Å². The number of nitrogens with one attached hydrogen (secondary N) is 1. The van der Waals surface area contributed by atoms with E-state index in [9.17, 15) is 12.8 Å². The van der Waals surface area contributed by atoms with Gasteiger partial charge in [-0.25, -0.2) is 17.5 Å². The van der Waals surface area contributed by atoms with Gasteiger partial charge in [-0.05, 0) is 48.5 Å². The third kappa shape index (κ3) is 4.24. The molecule has 4 rings (SSSR count). The quantitative estimate of drug-likeness (QED) is 0.595. The van der Waals surface area contributed by atoms with E-state index < -0.39 is 16.9 Å². The number of nitrogens with zero attached hydrogens (tertiary/aromatic N) is 1. The van der Waals surface area contributed by atoms with Gasteiger partial charge in [0.15, 0.2) is 0 Å². The summed E-state index contributed by atoms with van der Waals surface area (Å²) < 4.78 is 44.7. The molecule has 0 radical (unpaired) electrons. The fraction of sp³-hybridized carbons (Fsp3) is 0.143. The van der Waals surface area contributed by atoms with Crippen molar-refractivity contribution < 1.29 is 17.5 Å². The van der Waals surface area contributed by atoms with E-state index in [4.69, 9.17) is 4.74 Å². The Bertz CT molecular complexity index is 1060. The minimum atomic E-state index is -3.68. The molecule has 0 saturated heterocycles. The van der Waals surface area contributed by atoms with Gasteiger partial charge >= 0.3 is 0 Å². The van der Waals surface area contributed by atoms with Crippen LogP contribution in [0.5, 0.6) is 5.75 Å². The topological polar surface area (TPSA) is 58.6 Å². The zero-order valence-electron chi connectivity index (χ0n) is 15.4. The Morgan fingerprint density at radius 1 is 0.897 bits per heavy atom. The van der Waals surface area contributed by atoms with Crippen LogP contribution in [0.1, 0.15) is 0 Å². The van der Waals surface area contributed by atoms with Crippen molar-refractivity contribution in [3.05, 3.63) is 72.8 Å². The summed E-state index contributed by atoms with van der Waals surface area (Å²) in [6.07, 6.45) is 0. The van der Waals surface area contributed by atoms with Crippen molar-refractivity contribution in [3.63, 3.8) is 0 Å². The van der Waals surface area contributed by atoms with Crippen LogP contribution in [0, 0.1) is 0 Å². The largest absolute Gasteiger partial charge is 0.463 e. The van der Waals surface area contributed by atoms with Crippen LogP contribution in [0.3, 0.4) is 0 Å². The summed E-state index contributed by atoms with van der Waals surface area (Å²) in [5, 5.41) is 0. The first-order valence-corrected chi connectivity index (χ1v) is 11.3. The van der Waals surface area contributed by atoms with Crippen molar-refractivity contribution in [1.29, 1.82) is 0 Å². The number of anilines is 2. The molecule has 0 bridgehead atoms. The first-order valence-electron chi connectivity index (χ1n) is 9.00. The van der Waals surface area contributed by atoms with Crippen molar-refractivity contribution in [2.24, 2.45) is 0 Å². The molecule has 150 valence electrons. The zero-order chi connectivity index (χ0) is 20.3. The summed E-state index contributed by atoms with van der Waals surface area (Å²) in [7, 11) is -3.68. The van der Waals surface area contributed by atoms with Crippen LogP contribution in [0.2, 0.25) is 0 Å². The van der Waals surface area contributed by atoms with Crippen molar-refractivity contribution in [3.8, 4) is 5.75 Å². The Labute approximate surface area is 173 Å². The molecule has 5 nitrogen and oxygen atoms in total. The summed E-state index contributed by atoms with van der Waals surface area (Å²) in [5.74, 6) is 0.283. The highest BCUT2D eigenvalue weighted by atomic mass is 32.2. The van der Waals surface area contributed by atoms with Crippen molar-refractivity contribution in [1.82, 2.24) is 4.72 Å². The number of halogens is 1. The number of ether oxygens (including phenoxy) is 1. The Kier molecular flexibility index (Phi) is 5.75. The Balaban J connectivity index is 1.49. The van der Waals surface area contributed by atoms with E-state index in [2.05, 4.69) is 21.8 Å². The fourth-order valence-corrected chi connectivity index (χ4v) is 5.29. The minimum Gasteiger partial charge on any atom is -0.463 e. The smallest absolute Gasteiger partial charge is 0.240 e. The van der Waals surface area contributed by atoms with E-state index >= 15 is 0 Å². The highest BCUT2D eigenvalue weighted by molar-refractivity contribution is 7.99. The van der Waals surface area contributed by atoms with Crippen LogP contribution in [0.15, 0.2) is 87.5 Å². The van der Waals surface area contributed by atoms with Gasteiger partial charge in [-0.1, -0.05) is 36.0 Å². The third-order valence-electron chi connectivity index (χ3n) is 4.51. The molecule has 8 heteroatoms. The lowest BCUT2D eigenvalue weighted by atomic mass is 10.2. The molecule has 1 aliphatic rings. The second-order valence-electron chi connectivity index (χ2n) is 6.31. The molecule has 0 aliphatic carbocycles. The lowest BCUT2D eigenvalue weighted by Gasteiger charge is -2.32. The number of rotatable bonds is 7. The molecule has 3 aromatic carbocycles. The predicted octanol–water partition coefficient (Wildman–Crippen LogP) is 4.57. The normalized spacial score (nSPS) is 12.9. The van der Waals surface area contributed by atoms with E-state index in [1.165, 1.54) is 24.3 Å². The molecule has 3 aromatic rings. The summed E-state index contributed by atoms with van der Waals surface area (Å²) >= 11 is 1.71. The van der Waals surface area contributed by atoms with Gasteiger partial charge in [0.25, 0.3) is 0 Å². The van der Waals surface area contributed by atoms with Gasteiger partial charge in [0, 0.05) is 22.9 Å². The fourth-order valence-electron chi connectivity index (χ4n) is 3.18. The molecule has 1 N–H and O–H groups in total. The molecule has 0 spiro atoms. The summed E-state index contributed by atoms with van der Waals surface area (Å²) in [4.78, 5) is 4.51. The van der Waals surface area contributed by atoms with Crippen molar-refractivity contribution in [2.45, 2.75) is 14.7 Å². The molecule has 0 aromatic heterocycles. The average molecular weight is 431 g/mol. The maximum absolute atomic E-state index is 12.6. The minimum absolute atomic E-state index is 0.110. The van der Waals surface area contributed by atoms with Crippen LogP contribution >= 0.6 is 11.8 Å². The molecule has 0 atom stereocenters. The number of fused-ring (bicyclic) bond motifs is 2. The average Bonchev–Trinajstić information content (AvgIpc) is 2.74. The van der Waals surface area contributed by atoms with Gasteiger partial charge in [0.05, 0.1) is 16.3 Å². The number of sulfonamides is 1. The summed E-state index contributed by atoms with van der Waals surface area (Å²) in [5.41, 5.74) is 2.12. The van der Waals surface area contributed by atoms with Gasteiger partial charge in [0.1, 0.15) is 5.75 Å². The number of hydrogen-bond acceptors (Lipinski definition) is 5. The Morgan fingerprint density at radius 2 is 1.48 bits per heavy atom. The molecule has 29 heavy (non-hydrogen) atoms. The molecular weight excluding hydrogens is 411 g/mol. The maximum Gasteiger partial charge on any atom is 0.240 e. The summed E-state index contributed by atoms with van der Waals surface area (Å²) in [6, 6.07) is 21.8. The van der Waals surface area contributed by atoms with Gasteiger partial charge in [-0.2, -0.15) is 0 Å². The van der Waals surface area contributed by atoms with E-state index in [0.717, 1.165) is 21.2 Å². The molecule has 0 fully saturated rings. The number of benzene rings is 3. The Morgan fingerprint density at radius 3 is 2.07 bits per heavy atom. The second-order valence-corrected chi connectivity index (χ2v) is 9.16. The molecule has 1 aliphatic heterocycles. The zero-order valence-corrected chi connectivity index (χ0v) is 17.0. The van der Waals surface area contributed by atoms with Gasteiger partial charge < -0.3 is 9.64 Å². The number of para-hydroxylation sites is 2. The molecular formula is C21H19FN2O3S2. The van der Waals surface area contributed by atoms with E-state index in [-0.39, 0.29) is 17.2 Å². The van der Waals surface area contributed by atoms with Crippen LogP contribution in [-0.2, 0) is 10.0 Å². The Hall–Kier alpha value is -2.55. The molecule has 0 saturated carbocycles. The van der Waals surface area contributed by atoms with E-state index in [1.54, 1.807) is 11.8 Å². The SMILES string of the molecule is O=S(=O)(NCCN1c2ccccc2Sc2ccccc21)c1ccc(OCF)cc1. The highest BCUT2D eigenvalue weighted by Crippen LogP contribution is 2.47. The van der Waals surface area contributed by atoms with E-state index in [0.29, 0.717) is 6.54 Å². The van der Waals surface area contributed by atoms with Crippen molar-refractivity contribution in [2.75, 3.05) is 24.9 Å². The number of hydrogen-bond donors (Lipinski definition) is 1. The lowest BCUT2D eigenvalue weighted by molar-refractivity contribution is 0.191. The lowest BCUT2D eigenvalue weighted by Crippen LogP contribution is -2.33.